The van der Waals surface area contributed by atoms with Gasteiger partial charge in [0.25, 0.3) is 0 Å². The number of thiophene rings is 2. The lowest BCUT2D eigenvalue weighted by molar-refractivity contribution is -0.113. The topological polar surface area (TPSA) is 83.6 Å². The molecule has 1 aliphatic rings. The largest absolute Gasteiger partial charge is 0.316 e. The third-order valence-electron chi connectivity index (χ3n) is 5.66. The van der Waals surface area contributed by atoms with Gasteiger partial charge in [-0.3, -0.25) is 4.79 Å². The number of aromatic nitrogens is 3. The highest BCUT2D eigenvalue weighted by Gasteiger charge is 2.26. The zero-order chi connectivity index (χ0) is 22.5. The number of carbonyl (C=O) groups excluding carboxylic acids is 1. The van der Waals surface area contributed by atoms with Gasteiger partial charge in [0.15, 0.2) is 5.16 Å². The molecule has 4 rings (SSSR count). The van der Waals surface area contributed by atoms with Crippen LogP contribution in [-0.4, -0.2) is 26.4 Å². The summed E-state index contributed by atoms with van der Waals surface area (Å²) >= 11 is 4.61. The summed E-state index contributed by atoms with van der Waals surface area (Å²) in [5.74, 6) is 1.61. The van der Waals surface area contributed by atoms with Gasteiger partial charge in [-0.1, -0.05) is 37.2 Å². The molecule has 3 aromatic rings. The van der Waals surface area contributed by atoms with Crippen LogP contribution in [0.2, 0.25) is 0 Å². The van der Waals surface area contributed by atoms with Crippen LogP contribution in [0.5, 0.6) is 0 Å². The van der Waals surface area contributed by atoms with E-state index in [0.29, 0.717) is 34.6 Å². The van der Waals surface area contributed by atoms with Crippen molar-refractivity contribution in [2.45, 2.75) is 50.7 Å². The summed E-state index contributed by atoms with van der Waals surface area (Å²) in [4.78, 5) is 15.2. The molecule has 0 radical (unpaired) electrons. The number of carbonyl (C=O) groups is 1. The smallest absolute Gasteiger partial charge is 0.235 e. The van der Waals surface area contributed by atoms with Crippen LogP contribution in [0.15, 0.2) is 35.3 Å². The van der Waals surface area contributed by atoms with Crippen molar-refractivity contribution in [3.63, 3.8) is 0 Å². The Hall–Kier alpha value is -2.41. The van der Waals surface area contributed by atoms with Crippen LogP contribution >= 0.6 is 34.4 Å². The fraction of sp³-hybridized carbons (Fsp3) is 0.391. The van der Waals surface area contributed by atoms with Gasteiger partial charge in [-0.2, -0.15) is 5.26 Å². The summed E-state index contributed by atoms with van der Waals surface area (Å²) in [7, 11) is 0. The van der Waals surface area contributed by atoms with Crippen LogP contribution in [0.3, 0.4) is 0 Å². The highest BCUT2D eigenvalue weighted by Crippen LogP contribution is 2.40. The van der Waals surface area contributed by atoms with E-state index in [1.54, 1.807) is 22.7 Å². The van der Waals surface area contributed by atoms with E-state index in [-0.39, 0.29) is 11.7 Å². The SMILES string of the molecule is C=CCn1c(Cc2cccs2)nnc1SCC(=O)Nc1sc2c(c1C#N)CCC(CC)C2. The molecule has 3 aromatic heterocycles. The van der Waals surface area contributed by atoms with Gasteiger partial charge in [-0.15, -0.1) is 39.4 Å². The molecule has 1 amide bonds. The minimum Gasteiger partial charge on any atom is -0.316 e. The molecule has 0 saturated carbocycles. The Morgan fingerprint density at radius 1 is 1.50 bits per heavy atom. The molecule has 0 aliphatic heterocycles. The number of rotatable bonds is 9. The second-order valence-electron chi connectivity index (χ2n) is 7.73. The molecule has 1 atom stereocenters. The summed E-state index contributed by atoms with van der Waals surface area (Å²) in [5, 5.41) is 24.7. The van der Waals surface area contributed by atoms with Crippen LogP contribution in [0.25, 0.3) is 0 Å². The number of thioether (sulfide) groups is 1. The Bertz CT molecular complexity index is 1140. The molecule has 6 nitrogen and oxygen atoms in total. The molecule has 0 aromatic carbocycles. The maximum absolute atomic E-state index is 12.7. The number of amides is 1. The second kappa shape index (κ2) is 10.5. The summed E-state index contributed by atoms with van der Waals surface area (Å²) in [6.07, 6.45) is 6.71. The van der Waals surface area contributed by atoms with E-state index in [4.69, 9.17) is 0 Å². The molecular weight excluding hydrogens is 458 g/mol. The Kier molecular flexibility index (Phi) is 7.45. The number of nitrogens with zero attached hydrogens (tertiary/aromatic N) is 4. The highest BCUT2D eigenvalue weighted by molar-refractivity contribution is 7.99. The number of anilines is 1. The molecule has 0 saturated heterocycles. The lowest BCUT2D eigenvalue weighted by Gasteiger charge is -2.20. The van der Waals surface area contributed by atoms with Gasteiger partial charge in [0.05, 0.1) is 11.3 Å². The van der Waals surface area contributed by atoms with Crippen LogP contribution in [0, 0.1) is 17.2 Å². The Morgan fingerprint density at radius 3 is 3.09 bits per heavy atom. The van der Waals surface area contributed by atoms with E-state index in [2.05, 4.69) is 41.2 Å². The zero-order valence-corrected chi connectivity index (χ0v) is 20.4. The molecule has 9 heteroatoms. The van der Waals surface area contributed by atoms with Crippen LogP contribution in [0.1, 0.15) is 46.5 Å². The molecular formula is C23H25N5OS3. The van der Waals surface area contributed by atoms with Crippen molar-refractivity contribution in [1.29, 1.82) is 5.26 Å². The molecule has 1 unspecified atom stereocenters. The number of hydrogen-bond donors (Lipinski definition) is 1. The fourth-order valence-corrected chi connectivity index (χ4v) is 6.74. The monoisotopic (exact) mass is 483 g/mol. The van der Waals surface area contributed by atoms with Crippen molar-refractivity contribution < 1.29 is 4.79 Å². The number of hydrogen-bond acceptors (Lipinski definition) is 7. The van der Waals surface area contributed by atoms with Gasteiger partial charge in [-0.05, 0) is 42.2 Å². The summed E-state index contributed by atoms with van der Waals surface area (Å²) in [6.45, 7) is 6.64. The van der Waals surface area contributed by atoms with Crippen molar-refractivity contribution in [3.8, 4) is 6.07 Å². The van der Waals surface area contributed by atoms with Crippen molar-refractivity contribution in [2.75, 3.05) is 11.1 Å². The fourth-order valence-electron chi connectivity index (χ4n) is 3.94. The number of nitriles is 1. The average Bonchev–Trinajstić information content (AvgIpc) is 3.52. The lowest BCUT2D eigenvalue weighted by Crippen LogP contribution is -2.15. The second-order valence-corrected chi connectivity index (χ2v) is 10.8. The summed E-state index contributed by atoms with van der Waals surface area (Å²) < 4.78 is 2.00. The predicted molar refractivity (Wildman–Crippen MR) is 132 cm³/mol. The van der Waals surface area contributed by atoms with Gasteiger partial charge >= 0.3 is 0 Å². The quantitative estimate of drug-likeness (QED) is 0.330. The lowest BCUT2D eigenvalue weighted by atomic mass is 9.86. The van der Waals surface area contributed by atoms with E-state index in [9.17, 15) is 10.1 Å². The minimum absolute atomic E-state index is 0.134. The minimum atomic E-state index is -0.134. The van der Waals surface area contributed by atoms with Gasteiger partial charge in [0.2, 0.25) is 5.91 Å². The van der Waals surface area contributed by atoms with Gasteiger partial charge in [-0.25, -0.2) is 0 Å². The molecule has 0 spiro atoms. The third-order valence-corrected chi connectivity index (χ3v) is 8.67. The van der Waals surface area contributed by atoms with E-state index in [0.717, 1.165) is 37.1 Å². The maximum Gasteiger partial charge on any atom is 0.235 e. The van der Waals surface area contributed by atoms with Crippen LogP contribution in [0.4, 0.5) is 5.00 Å². The first-order valence-electron chi connectivity index (χ1n) is 10.7. The van der Waals surface area contributed by atoms with Crippen molar-refractivity contribution >= 4 is 45.3 Å². The first kappa shape index (κ1) is 22.8. The summed E-state index contributed by atoms with van der Waals surface area (Å²) in [6, 6.07) is 6.42. The van der Waals surface area contributed by atoms with E-state index in [1.807, 2.05) is 22.1 Å². The predicted octanol–water partition coefficient (Wildman–Crippen LogP) is 5.30. The number of fused-ring (bicyclic) bond motifs is 1. The van der Waals surface area contributed by atoms with E-state index in [1.165, 1.54) is 21.5 Å². The van der Waals surface area contributed by atoms with Gasteiger partial charge < -0.3 is 9.88 Å². The van der Waals surface area contributed by atoms with Crippen LogP contribution in [-0.2, 0) is 30.6 Å². The van der Waals surface area contributed by atoms with Gasteiger partial charge in [0.1, 0.15) is 16.9 Å². The molecule has 166 valence electrons. The Labute approximate surface area is 200 Å². The van der Waals surface area contributed by atoms with Gasteiger partial charge in [0, 0.05) is 22.7 Å². The van der Waals surface area contributed by atoms with Crippen molar-refractivity contribution in [1.82, 2.24) is 14.8 Å². The molecule has 0 bridgehead atoms. The average molecular weight is 484 g/mol. The Balaban J connectivity index is 1.43. The van der Waals surface area contributed by atoms with E-state index < -0.39 is 0 Å². The first-order chi connectivity index (χ1) is 15.6. The number of nitrogens with one attached hydrogen (secondary N) is 1. The molecule has 1 N–H and O–H groups in total. The number of allylic oxidation sites excluding steroid dienone is 1. The normalized spacial score (nSPS) is 15.2. The Morgan fingerprint density at radius 2 is 2.38 bits per heavy atom. The van der Waals surface area contributed by atoms with E-state index >= 15 is 0 Å². The van der Waals surface area contributed by atoms with Crippen molar-refractivity contribution in [3.05, 3.63) is 56.9 Å². The highest BCUT2D eigenvalue weighted by atomic mass is 32.2. The molecule has 1 aliphatic carbocycles. The van der Waals surface area contributed by atoms with Crippen molar-refractivity contribution in [2.24, 2.45) is 5.92 Å². The molecule has 3 heterocycles. The maximum atomic E-state index is 12.7. The summed E-state index contributed by atoms with van der Waals surface area (Å²) in [5.41, 5.74) is 1.78. The molecule has 0 fully saturated rings. The first-order valence-corrected chi connectivity index (χ1v) is 13.3. The third kappa shape index (κ3) is 4.98. The molecule has 32 heavy (non-hydrogen) atoms. The van der Waals surface area contributed by atoms with Crippen LogP contribution < -0.4 is 5.32 Å². The standard InChI is InChI=1S/C23H25N5OS3/c1-3-9-28-20(12-16-6-5-10-30-16)26-27-23(28)31-14-21(29)25-22-18(13-24)17-8-7-15(4-2)11-19(17)32-22/h3,5-6,10,15H,1,4,7-9,11-12,14H2,2H3,(H,25,29). The zero-order valence-electron chi connectivity index (χ0n) is 18.0.